The monoisotopic (exact) mass is 313 g/mol. The number of nitrogens with zero attached hydrogens (tertiary/aromatic N) is 1. The second-order valence-corrected chi connectivity index (χ2v) is 5.40. The summed E-state index contributed by atoms with van der Waals surface area (Å²) in [5.41, 5.74) is 1.18. The summed E-state index contributed by atoms with van der Waals surface area (Å²) in [6.45, 7) is 1.69. The van der Waals surface area contributed by atoms with E-state index < -0.39 is 12.1 Å². The van der Waals surface area contributed by atoms with Crippen molar-refractivity contribution in [2.24, 2.45) is 0 Å². The van der Waals surface area contributed by atoms with Gasteiger partial charge in [-0.15, -0.1) is 0 Å². The maximum absolute atomic E-state index is 12.4. The molecule has 0 aliphatic rings. The molecule has 0 radical (unpaired) electrons. The van der Waals surface area contributed by atoms with E-state index in [4.69, 9.17) is 4.74 Å². The number of hydrogen-bond acceptors (Lipinski definition) is 4. The number of aryl methyl sites for hydroxylation is 1. The molecule has 0 unspecified atom stereocenters. The molecule has 1 amide bonds. The van der Waals surface area contributed by atoms with Crippen LogP contribution in [0.1, 0.15) is 27.6 Å². The summed E-state index contributed by atoms with van der Waals surface area (Å²) in [7, 11) is 3.19. The van der Waals surface area contributed by atoms with Gasteiger partial charge in [-0.3, -0.25) is 4.79 Å². The largest absolute Gasteiger partial charge is 0.507 e. The minimum Gasteiger partial charge on any atom is -0.507 e. The second kappa shape index (κ2) is 6.96. The first-order chi connectivity index (χ1) is 10.9. The summed E-state index contributed by atoms with van der Waals surface area (Å²) in [4.78, 5) is 26.1. The zero-order valence-corrected chi connectivity index (χ0v) is 13.3. The molecule has 23 heavy (non-hydrogen) atoms. The fraction of sp³-hybridized carbons (Fsp3) is 0.222. The Bertz CT molecular complexity index is 710. The third-order valence-electron chi connectivity index (χ3n) is 3.45. The Morgan fingerprint density at radius 2 is 1.70 bits per heavy atom. The molecule has 5 nitrogen and oxygen atoms in total. The molecule has 0 heterocycles. The highest BCUT2D eigenvalue weighted by Crippen LogP contribution is 2.26. The van der Waals surface area contributed by atoms with Gasteiger partial charge in [-0.1, -0.05) is 42.5 Å². The molecule has 2 aromatic rings. The van der Waals surface area contributed by atoms with Gasteiger partial charge in [0.25, 0.3) is 5.91 Å². The smallest absolute Gasteiger partial charge is 0.343 e. The van der Waals surface area contributed by atoms with Crippen LogP contribution in [-0.2, 0) is 9.53 Å². The van der Waals surface area contributed by atoms with Gasteiger partial charge in [0.05, 0.1) is 0 Å². The van der Waals surface area contributed by atoms with Gasteiger partial charge < -0.3 is 14.7 Å². The predicted octanol–water partition coefficient (Wildman–Crippen LogP) is 2.69. The van der Waals surface area contributed by atoms with Crippen LogP contribution in [0, 0.1) is 6.92 Å². The molecule has 0 fully saturated rings. The fourth-order valence-corrected chi connectivity index (χ4v) is 2.12. The maximum atomic E-state index is 12.4. The number of benzene rings is 2. The summed E-state index contributed by atoms with van der Waals surface area (Å²) in [5, 5.41) is 10.0. The first-order valence-electron chi connectivity index (χ1n) is 7.17. The topological polar surface area (TPSA) is 66.8 Å². The van der Waals surface area contributed by atoms with Gasteiger partial charge in [-0.2, -0.15) is 0 Å². The zero-order valence-electron chi connectivity index (χ0n) is 13.3. The Kier molecular flexibility index (Phi) is 5.01. The quantitative estimate of drug-likeness (QED) is 0.881. The highest BCUT2D eigenvalue weighted by Gasteiger charge is 2.28. The normalized spacial score (nSPS) is 11.6. The molecule has 0 aliphatic heterocycles. The molecule has 0 aromatic heterocycles. The molecule has 0 spiro atoms. The molecule has 0 saturated carbocycles. The van der Waals surface area contributed by atoms with Gasteiger partial charge in [-0.05, 0) is 18.6 Å². The Hall–Kier alpha value is -2.82. The average Bonchev–Trinajstić information content (AvgIpc) is 2.55. The Morgan fingerprint density at radius 1 is 1.04 bits per heavy atom. The minimum absolute atomic E-state index is 0.0393. The van der Waals surface area contributed by atoms with Crippen LogP contribution in [0.25, 0.3) is 0 Å². The van der Waals surface area contributed by atoms with Crippen LogP contribution >= 0.6 is 0 Å². The van der Waals surface area contributed by atoms with Gasteiger partial charge in [0.15, 0.2) is 0 Å². The van der Waals surface area contributed by atoms with Crippen LogP contribution < -0.4 is 0 Å². The first kappa shape index (κ1) is 16.5. The molecular formula is C18H19NO4. The van der Waals surface area contributed by atoms with Gasteiger partial charge in [0.1, 0.15) is 11.3 Å². The van der Waals surface area contributed by atoms with Crippen molar-refractivity contribution in [2.45, 2.75) is 13.0 Å². The summed E-state index contributed by atoms with van der Waals surface area (Å²) in [6.07, 6.45) is -1.06. The predicted molar refractivity (Wildman–Crippen MR) is 86.1 cm³/mol. The third-order valence-corrected chi connectivity index (χ3v) is 3.45. The van der Waals surface area contributed by atoms with Crippen molar-refractivity contribution in [3.05, 3.63) is 65.2 Å². The van der Waals surface area contributed by atoms with Crippen molar-refractivity contribution in [3.8, 4) is 5.75 Å². The van der Waals surface area contributed by atoms with E-state index in [1.807, 2.05) is 6.07 Å². The number of aromatic hydroxyl groups is 1. The molecule has 1 N–H and O–H groups in total. The summed E-state index contributed by atoms with van der Waals surface area (Å²) < 4.78 is 5.39. The number of ether oxygens (including phenoxy) is 1. The fourth-order valence-electron chi connectivity index (χ4n) is 2.12. The number of para-hydroxylation sites is 1. The lowest BCUT2D eigenvalue weighted by Crippen LogP contribution is -2.31. The van der Waals surface area contributed by atoms with Crippen molar-refractivity contribution >= 4 is 11.9 Å². The van der Waals surface area contributed by atoms with Crippen molar-refractivity contribution in [1.29, 1.82) is 0 Å². The lowest BCUT2D eigenvalue weighted by molar-refractivity contribution is -0.138. The van der Waals surface area contributed by atoms with E-state index in [9.17, 15) is 14.7 Å². The molecular weight excluding hydrogens is 294 g/mol. The van der Waals surface area contributed by atoms with E-state index in [1.165, 1.54) is 11.0 Å². The van der Waals surface area contributed by atoms with Crippen LogP contribution in [-0.4, -0.2) is 36.0 Å². The minimum atomic E-state index is -1.06. The molecule has 5 heteroatoms. The lowest BCUT2D eigenvalue weighted by atomic mass is 10.1. The van der Waals surface area contributed by atoms with Crippen LogP contribution in [0.15, 0.2) is 48.5 Å². The van der Waals surface area contributed by atoms with Crippen LogP contribution in [0.5, 0.6) is 5.75 Å². The van der Waals surface area contributed by atoms with Crippen molar-refractivity contribution in [2.75, 3.05) is 14.1 Å². The summed E-state index contributed by atoms with van der Waals surface area (Å²) >= 11 is 0. The van der Waals surface area contributed by atoms with E-state index in [-0.39, 0.29) is 17.2 Å². The highest BCUT2D eigenvalue weighted by molar-refractivity contribution is 5.95. The molecule has 1 atom stereocenters. The van der Waals surface area contributed by atoms with E-state index in [2.05, 4.69) is 0 Å². The zero-order chi connectivity index (χ0) is 17.0. The van der Waals surface area contributed by atoms with E-state index >= 15 is 0 Å². The molecule has 2 aromatic carbocycles. The van der Waals surface area contributed by atoms with Crippen molar-refractivity contribution in [1.82, 2.24) is 4.90 Å². The highest BCUT2D eigenvalue weighted by atomic mass is 16.5. The van der Waals surface area contributed by atoms with E-state index in [1.54, 1.807) is 57.4 Å². The number of hydrogen-bond donors (Lipinski definition) is 1. The molecule has 120 valence electrons. The number of carbonyl (C=O) groups is 2. The standard InChI is InChI=1S/C18H19NO4/c1-12-8-7-11-14(15(12)20)18(22)23-16(17(21)19(2)3)13-9-5-4-6-10-13/h4-11,16,20H,1-3H3/t16-/m1/s1. The second-order valence-electron chi connectivity index (χ2n) is 5.40. The molecule has 0 saturated heterocycles. The number of esters is 1. The van der Waals surface area contributed by atoms with Crippen LogP contribution in [0.4, 0.5) is 0 Å². The Morgan fingerprint density at radius 3 is 2.30 bits per heavy atom. The molecule has 2 rings (SSSR count). The first-order valence-corrected chi connectivity index (χ1v) is 7.17. The average molecular weight is 313 g/mol. The summed E-state index contributed by atoms with van der Waals surface area (Å²) in [6, 6.07) is 13.6. The summed E-state index contributed by atoms with van der Waals surface area (Å²) in [5.74, 6) is -1.23. The van der Waals surface area contributed by atoms with Gasteiger partial charge in [0.2, 0.25) is 6.10 Å². The van der Waals surface area contributed by atoms with Crippen molar-refractivity contribution in [3.63, 3.8) is 0 Å². The van der Waals surface area contributed by atoms with Crippen LogP contribution in [0.3, 0.4) is 0 Å². The van der Waals surface area contributed by atoms with E-state index in [0.29, 0.717) is 11.1 Å². The number of rotatable bonds is 4. The van der Waals surface area contributed by atoms with Gasteiger partial charge in [0, 0.05) is 19.7 Å². The number of likely N-dealkylation sites (N-methyl/N-ethyl adjacent to an activating group) is 1. The SMILES string of the molecule is Cc1cccc(C(=O)O[C@@H](C(=O)N(C)C)c2ccccc2)c1O. The van der Waals surface area contributed by atoms with Crippen molar-refractivity contribution < 1.29 is 19.4 Å². The lowest BCUT2D eigenvalue weighted by Gasteiger charge is -2.21. The number of carbonyl (C=O) groups excluding carboxylic acids is 2. The molecule has 0 aliphatic carbocycles. The molecule has 0 bridgehead atoms. The van der Waals surface area contributed by atoms with Gasteiger partial charge >= 0.3 is 5.97 Å². The number of amides is 1. The van der Waals surface area contributed by atoms with Crippen LogP contribution in [0.2, 0.25) is 0 Å². The third kappa shape index (κ3) is 3.69. The maximum Gasteiger partial charge on any atom is 0.343 e. The van der Waals surface area contributed by atoms with Gasteiger partial charge in [-0.25, -0.2) is 4.79 Å². The number of phenols is 1. The Labute approximate surface area is 135 Å². The van der Waals surface area contributed by atoms with E-state index in [0.717, 1.165) is 0 Å². The Balaban J connectivity index is 2.33. The number of phenolic OH excluding ortho intramolecular Hbond substituents is 1.